The van der Waals surface area contributed by atoms with Gasteiger partial charge in [-0.3, -0.25) is 9.59 Å². The van der Waals surface area contributed by atoms with E-state index < -0.39 is 23.4 Å². The summed E-state index contributed by atoms with van der Waals surface area (Å²) in [4.78, 5) is 23.5. The average molecular weight is 304 g/mol. The Morgan fingerprint density at radius 1 is 1.05 bits per heavy atom. The van der Waals surface area contributed by atoms with Gasteiger partial charge < -0.3 is 10.6 Å². The van der Waals surface area contributed by atoms with E-state index in [4.69, 9.17) is 0 Å². The van der Waals surface area contributed by atoms with Crippen LogP contribution in [-0.2, 0) is 4.79 Å². The zero-order valence-corrected chi connectivity index (χ0v) is 11.8. The number of carbonyl (C=O) groups excluding carboxylic acids is 2. The minimum absolute atomic E-state index is 0.143. The van der Waals surface area contributed by atoms with Crippen LogP contribution >= 0.6 is 0 Å². The summed E-state index contributed by atoms with van der Waals surface area (Å²) in [6.45, 7) is 1.58. The van der Waals surface area contributed by atoms with Crippen LogP contribution in [0.3, 0.4) is 0 Å². The summed E-state index contributed by atoms with van der Waals surface area (Å²) in [6.07, 6.45) is 0. The van der Waals surface area contributed by atoms with E-state index in [9.17, 15) is 18.4 Å². The topological polar surface area (TPSA) is 58.2 Å². The maximum Gasteiger partial charge on any atom is 0.251 e. The van der Waals surface area contributed by atoms with Crippen LogP contribution in [-0.4, -0.2) is 18.4 Å². The lowest BCUT2D eigenvalue weighted by Gasteiger charge is -2.08. The second kappa shape index (κ2) is 6.80. The number of carbonyl (C=O) groups is 2. The van der Waals surface area contributed by atoms with Gasteiger partial charge >= 0.3 is 0 Å². The summed E-state index contributed by atoms with van der Waals surface area (Å²) in [6, 6.07) is 9.66. The molecule has 0 aliphatic rings. The normalized spacial score (nSPS) is 10.1. The molecule has 2 rings (SSSR count). The Morgan fingerprint density at radius 3 is 2.36 bits per heavy atom. The van der Waals surface area contributed by atoms with Crippen LogP contribution in [0.15, 0.2) is 42.5 Å². The van der Waals surface area contributed by atoms with Crippen molar-refractivity contribution < 1.29 is 18.4 Å². The van der Waals surface area contributed by atoms with Gasteiger partial charge in [0.1, 0.15) is 11.6 Å². The van der Waals surface area contributed by atoms with Gasteiger partial charge in [-0.05, 0) is 31.2 Å². The zero-order valence-electron chi connectivity index (χ0n) is 11.8. The van der Waals surface area contributed by atoms with Crippen LogP contribution in [0, 0.1) is 18.6 Å². The molecule has 0 aliphatic carbocycles. The molecule has 0 spiro atoms. The monoisotopic (exact) mass is 304 g/mol. The van der Waals surface area contributed by atoms with Crippen molar-refractivity contribution in [3.8, 4) is 0 Å². The molecule has 2 N–H and O–H groups in total. The molecule has 0 radical (unpaired) electrons. The van der Waals surface area contributed by atoms with Crippen LogP contribution in [0.25, 0.3) is 0 Å². The quantitative estimate of drug-likeness (QED) is 0.912. The molecule has 0 saturated heterocycles. The Kier molecular flexibility index (Phi) is 4.83. The highest BCUT2D eigenvalue weighted by atomic mass is 19.1. The smallest absolute Gasteiger partial charge is 0.251 e. The minimum atomic E-state index is -0.877. The summed E-state index contributed by atoms with van der Waals surface area (Å²) < 4.78 is 26.1. The highest BCUT2D eigenvalue weighted by molar-refractivity contribution is 5.99. The van der Waals surface area contributed by atoms with Gasteiger partial charge in [0.25, 0.3) is 5.91 Å². The SMILES string of the molecule is Cc1ccc(C(=O)NCC(=O)Nc2ccc(F)cc2F)cc1. The van der Waals surface area contributed by atoms with Gasteiger partial charge in [-0.15, -0.1) is 0 Å². The predicted molar refractivity (Wildman–Crippen MR) is 78.5 cm³/mol. The van der Waals surface area contributed by atoms with Gasteiger partial charge in [-0.2, -0.15) is 0 Å². The van der Waals surface area contributed by atoms with Gasteiger partial charge in [-0.25, -0.2) is 8.78 Å². The number of nitrogens with one attached hydrogen (secondary N) is 2. The first-order valence-corrected chi connectivity index (χ1v) is 6.55. The van der Waals surface area contributed by atoms with Gasteiger partial charge in [0.2, 0.25) is 5.91 Å². The predicted octanol–water partition coefficient (Wildman–Crippen LogP) is 2.64. The number of amides is 2. The fraction of sp³-hybridized carbons (Fsp3) is 0.125. The molecule has 0 bridgehead atoms. The minimum Gasteiger partial charge on any atom is -0.343 e. The number of anilines is 1. The van der Waals surface area contributed by atoms with Gasteiger partial charge in [0.15, 0.2) is 0 Å². The van der Waals surface area contributed by atoms with Gasteiger partial charge in [-0.1, -0.05) is 17.7 Å². The zero-order chi connectivity index (χ0) is 16.1. The summed E-state index contributed by atoms with van der Waals surface area (Å²) in [5.41, 5.74) is 1.29. The third-order valence-corrected chi connectivity index (χ3v) is 2.93. The third-order valence-electron chi connectivity index (χ3n) is 2.93. The van der Waals surface area contributed by atoms with Crippen LogP contribution in [0.2, 0.25) is 0 Å². The van der Waals surface area contributed by atoms with Crippen LogP contribution in [0.5, 0.6) is 0 Å². The first kappa shape index (κ1) is 15.6. The maximum absolute atomic E-state index is 13.4. The molecular formula is C16H14F2N2O2. The van der Waals surface area contributed by atoms with E-state index in [0.717, 1.165) is 17.7 Å². The van der Waals surface area contributed by atoms with E-state index in [1.807, 2.05) is 6.92 Å². The summed E-state index contributed by atoms with van der Waals surface area (Å²) in [5.74, 6) is -2.62. The molecule has 0 fully saturated rings. The second-order valence-corrected chi connectivity index (χ2v) is 4.72. The highest BCUT2D eigenvalue weighted by Crippen LogP contribution is 2.14. The van der Waals surface area contributed by atoms with Crippen molar-refractivity contribution in [2.75, 3.05) is 11.9 Å². The van der Waals surface area contributed by atoms with Crippen LogP contribution in [0.4, 0.5) is 14.5 Å². The number of hydrogen-bond donors (Lipinski definition) is 2. The van der Waals surface area contributed by atoms with E-state index >= 15 is 0 Å². The van der Waals surface area contributed by atoms with Crippen molar-refractivity contribution in [3.63, 3.8) is 0 Å². The van der Waals surface area contributed by atoms with E-state index in [1.54, 1.807) is 24.3 Å². The molecular weight excluding hydrogens is 290 g/mol. The molecule has 0 aromatic heterocycles. The molecule has 4 nitrogen and oxygen atoms in total. The number of aryl methyl sites for hydroxylation is 1. The molecule has 0 saturated carbocycles. The number of halogens is 2. The molecule has 2 aromatic carbocycles. The fourth-order valence-corrected chi connectivity index (χ4v) is 1.75. The van der Waals surface area contributed by atoms with Gasteiger partial charge in [0, 0.05) is 11.6 Å². The Balaban J connectivity index is 1.89. The molecule has 2 aromatic rings. The van der Waals surface area contributed by atoms with E-state index in [-0.39, 0.29) is 12.2 Å². The summed E-state index contributed by atoms with van der Waals surface area (Å²) in [5, 5.41) is 4.68. The molecule has 0 atom stereocenters. The van der Waals surface area contributed by atoms with Crippen molar-refractivity contribution in [1.29, 1.82) is 0 Å². The number of hydrogen-bond acceptors (Lipinski definition) is 2. The Hall–Kier alpha value is -2.76. The van der Waals surface area contributed by atoms with Crippen LogP contribution in [0.1, 0.15) is 15.9 Å². The van der Waals surface area contributed by atoms with Crippen molar-refractivity contribution in [2.45, 2.75) is 6.92 Å². The Labute approximate surface area is 126 Å². The largest absolute Gasteiger partial charge is 0.343 e. The Bertz CT molecular complexity index is 700. The lowest BCUT2D eigenvalue weighted by molar-refractivity contribution is -0.115. The van der Waals surface area contributed by atoms with Gasteiger partial charge in [0.05, 0.1) is 12.2 Å². The van der Waals surface area contributed by atoms with E-state index in [0.29, 0.717) is 11.6 Å². The second-order valence-electron chi connectivity index (χ2n) is 4.72. The molecule has 114 valence electrons. The highest BCUT2D eigenvalue weighted by Gasteiger charge is 2.10. The molecule has 2 amide bonds. The van der Waals surface area contributed by atoms with Crippen molar-refractivity contribution >= 4 is 17.5 Å². The molecule has 0 heterocycles. The standard InChI is InChI=1S/C16H14F2N2O2/c1-10-2-4-11(5-3-10)16(22)19-9-15(21)20-14-7-6-12(17)8-13(14)18/h2-8H,9H2,1H3,(H,19,22)(H,20,21). The molecule has 22 heavy (non-hydrogen) atoms. The third kappa shape index (κ3) is 4.12. The Morgan fingerprint density at radius 2 is 1.73 bits per heavy atom. The first-order chi connectivity index (χ1) is 10.5. The van der Waals surface area contributed by atoms with Crippen molar-refractivity contribution in [1.82, 2.24) is 5.32 Å². The number of rotatable bonds is 4. The molecule has 0 aliphatic heterocycles. The number of benzene rings is 2. The van der Waals surface area contributed by atoms with E-state index in [2.05, 4.69) is 10.6 Å². The summed E-state index contributed by atoms with van der Waals surface area (Å²) in [7, 11) is 0. The van der Waals surface area contributed by atoms with Crippen molar-refractivity contribution in [2.24, 2.45) is 0 Å². The summed E-state index contributed by atoms with van der Waals surface area (Å²) >= 11 is 0. The van der Waals surface area contributed by atoms with E-state index in [1.165, 1.54) is 0 Å². The van der Waals surface area contributed by atoms with Crippen molar-refractivity contribution in [3.05, 3.63) is 65.2 Å². The van der Waals surface area contributed by atoms with Crippen LogP contribution < -0.4 is 10.6 Å². The molecule has 6 heteroatoms. The molecule has 0 unspecified atom stereocenters. The first-order valence-electron chi connectivity index (χ1n) is 6.55. The lowest BCUT2D eigenvalue weighted by Crippen LogP contribution is -2.33. The fourth-order valence-electron chi connectivity index (χ4n) is 1.75. The maximum atomic E-state index is 13.4. The lowest BCUT2D eigenvalue weighted by atomic mass is 10.1. The average Bonchev–Trinajstić information content (AvgIpc) is 2.48.